The lowest BCUT2D eigenvalue weighted by molar-refractivity contribution is 0.412. The van der Waals surface area contributed by atoms with Crippen LogP contribution in [0.25, 0.3) is 0 Å². The van der Waals surface area contributed by atoms with Crippen LogP contribution in [0.15, 0.2) is 48.5 Å². The second kappa shape index (κ2) is 7.84. The second-order valence-corrected chi connectivity index (χ2v) is 5.41. The molecule has 1 N–H and O–H groups in total. The van der Waals surface area contributed by atoms with Gasteiger partial charge in [-0.1, -0.05) is 48.9 Å². The Morgan fingerprint density at radius 2 is 1.90 bits per heavy atom. The number of hydrogen-bond acceptors (Lipinski definition) is 2. The maximum Gasteiger partial charge on any atom is 0.119 e. The van der Waals surface area contributed by atoms with E-state index in [9.17, 15) is 0 Å². The molecular weight excluding hydrogens is 258 g/mol. The predicted octanol–water partition coefficient (Wildman–Crippen LogP) is 4.29. The zero-order valence-corrected chi connectivity index (χ0v) is 13.2. The van der Waals surface area contributed by atoms with E-state index in [0.717, 1.165) is 25.1 Å². The number of methoxy groups -OCH3 is 1. The molecule has 0 aromatic heterocycles. The van der Waals surface area contributed by atoms with E-state index in [-0.39, 0.29) is 0 Å². The second-order valence-electron chi connectivity index (χ2n) is 5.41. The molecule has 2 aromatic rings. The van der Waals surface area contributed by atoms with Crippen LogP contribution in [0.5, 0.6) is 5.75 Å². The van der Waals surface area contributed by atoms with Gasteiger partial charge < -0.3 is 10.1 Å². The van der Waals surface area contributed by atoms with E-state index >= 15 is 0 Å². The summed E-state index contributed by atoms with van der Waals surface area (Å²) in [5.74, 6) is 0.922. The number of benzene rings is 2. The topological polar surface area (TPSA) is 21.3 Å². The van der Waals surface area contributed by atoms with Crippen molar-refractivity contribution in [1.29, 1.82) is 0 Å². The number of ether oxygens (including phenoxy) is 1. The molecule has 0 bridgehead atoms. The molecule has 2 heteroatoms. The first-order chi connectivity index (χ1) is 10.2. The highest BCUT2D eigenvalue weighted by atomic mass is 16.5. The van der Waals surface area contributed by atoms with Gasteiger partial charge >= 0.3 is 0 Å². The van der Waals surface area contributed by atoms with Gasteiger partial charge in [-0.15, -0.1) is 0 Å². The third-order valence-electron chi connectivity index (χ3n) is 3.75. The average Bonchev–Trinajstić information content (AvgIpc) is 2.51. The van der Waals surface area contributed by atoms with Crippen LogP contribution >= 0.6 is 0 Å². The summed E-state index contributed by atoms with van der Waals surface area (Å²) in [4.78, 5) is 0. The van der Waals surface area contributed by atoms with Crippen molar-refractivity contribution in [1.82, 2.24) is 5.32 Å². The van der Waals surface area contributed by atoms with Gasteiger partial charge in [0, 0.05) is 6.04 Å². The lowest BCUT2D eigenvalue weighted by Crippen LogP contribution is -2.21. The van der Waals surface area contributed by atoms with Crippen molar-refractivity contribution in [3.63, 3.8) is 0 Å². The minimum atomic E-state index is 0.366. The van der Waals surface area contributed by atoms with Crippen LogP contribution < -0.4 is 10.1 Å². The zero-order valence-electron chi connectivity index (χ0n) is 13.2. The van der Waals surface area contributed by atoms with Crippen molar-refractivity contribution in [2.45, 2.75) is 32.7 Å². The SMILES string of the molecule is CCNC(CCc1cccc(C)c1)c1cccc(OC)c1. The van der Waals surface area contributed by atoms with E-state index in [1.165, 1.54) is 16.7 Å². The van der Waals surface area contributed by atoms with E-state index < -0.39 is 0 Å². The highest BCUT2D eigenvalue weighted by Crippen LogP contribution is 2.23. The number of nitrogens with one attached hydrogen (secondary N) is 1. The molecule has 0 aliphatic carbocycles. The van der Waals surface area contributed by atoms with E-state index in [1.807, 2.05) is 6.07 Å². The van der Waals surface area contributed by atoms with Crippen LogP contribution in [0.4, 0.5) is 0 Å². The monoisotopic (exact) mass is 283 g/mol. The van der Waals surface area contributed by atoms with Gasteiger partial charge in [-0.2, -0.15) is 0 Å². The van der Waals surface area contributed by atoms with Crippen molar-refractivity contribution in [2.75, 3.05) is 13.7 Å². The molecule has 0 aliphatic heterocycles. The van der Waals surface area contributed by atoms with Crippen LogP contribution in [0.3, 0.4) is 0 Å². The highest BCUT2D eigenvalue weighted by molar-refractivity contribution is 5.31. The molecule has 2 aromatic carbocycles. The van der Waals surface area contributed by atoms with Crippen LogP contribution in [0.2, 0.25) is 0 Å². The summed E-state index contributed by atoms with van der Waals surface area (Å²) in [6.07, 6.45) is 2.17. The molecule has 0 spiro atoms. The summed E-state index contributed by atoms with van der Waals surface area (Å²) in [6, 6.07) is 17.5. The maximum absolute atomic E-state index is 5.33. The average molecular weight is 283 g/mol. The fraction of sp³-hybridized carbons (Fsp3) is 0.368. The number of rotatable bonds is 7. The van der Waals surface area contributed by atoms with Crippen molar-refractivity contribution < 1.29 is 4.74 Å². The molecule has 1 unspecified atom stereocenters. The minimum absolute atomic E-state index is 0.366. The highest BCUT2D eigenvalue weighted by Gasteiger charge is 2.11. The smallest absolute Gasteiger partial charge is 0.119 e. The first-order valence-electron chi connectivity index (χ1n) is 7.65. The maximum atomic E-state index is 5.33. The van der Waals surface area contributed by atoms with Crippen LogP contribution in [-0.2, 0) is 6.42 Å². The van der Waals surface area contributed by atoms with Crippen molar-refractivity contribution >= 4 is 0 Å². The van der Waals surface area contributed by atoms with Crippen LogP contribution in [0.1, 0.15) is 36.1 Å². The Labute approximate surface area is 128 Å². The predicted molar refractivity (Wildman–Crippen MR) is 88.9 cm³/mol. The fourth-order valence-corrected chi connectivity index (χ4v) is 2.67. The lowest BCUT2D eigenvalue weighted by Gasteiger charge is -2.19. The molecule has 112 valence electrons. The van der Waals surface area contributed by atoms with Gasteiger partial charge in [-0.25, -0.2) is 0 Å². The van der Waals surface area contributed by atoms with E-state index in [2.05, 4.69) is 61.6 Å². The van der Waals surface area contributed by atoms with Gasteiger partial charge in [0.25, 0.3) is 0 Å². The fourth-order valence-electron chi connectivity index (χ4n) is 2.67. The molecule has 0 radical (unpaired) electrons. The number of hydrogen-bond donors (Lipinski definition) is 1. The van der Waals surface area contributed by atoms with Crippen molar-refractivity contribution in [3.05, 3.63) is 65.2 Å². The van der Waals surface area contributed by atoms with E-state index in [0.29, 0.717) is 6.04 Å². The standard InChI is InChI=1S/C19H25NO/c1-4-20-19(17-9-6-10-18(14-17)21-3)12-11-16-8-5-7-15(2)13-16/h5-10,13-14,19-20H,4,11-12H2,1-3H3. The Kier molecular flexibility index (Phi) is 5.82. The molecule has 0 saturated carbocycles. The molecule has 2 nitrogen and oxygen atoms in total. The van der Waals surface area contributed by atoms with Crippen LogP contribution in [0, 0.1) is 6.92 Å². The summed E-state index contributed by atoms with van der Waals surface area (Å²) in [6.45, 7) is 5.27. The molecule has 2 rings (SSSR count). The van der Waals surface area contributed by atoms with Gasteiger partial charge in [0.1, 0.15) is 5.75 Å². The van der Waals surface area contributed by atoms with Gasteiger partial charge in [0.2, 0.25) is 0 Å². The third kappa shape index (κ3) is 4.61. The number of aryl methyl sites for hydroxylation is 2. The summed E-state index contributed by atoms with van der Waals surface area (Å²) >= 11 is 0. The Bertz CT molecular complexity index is 565. The summed E-state index contributed by atoms with van der Waals surface area (Å²) < 4.78 is 5.33. The molecule has 0 saturated heterocycles. The van der Waals surface area contributed by atoms with E-state index in [1.54, 1.807) is 7.11 Å². The van der Waals surface area contributed by atoms with Gasteiger partial charge in [-0.3, -0.25) is 0 Å². The molecular formula is C19H25NO. The first kappa shape index (κ1) is 15.6. The van der Waals surface area contributed by atoms with Gasteiger partial charge in [-0.05, 0) is 49.6 Å². The summed E-state index contributed by atoms with van der Waals surface area (Å²) in [5.41, 5.74) is 4.03. The van der Waals surface area contributed by atoms with E-state index in [4.69, 9.17) is 4.74 Å². The Balaban J connectivity index is 2.07. The van der Waals surface area contributed by atoms with Crippen molar-refractivity contribution in [2.24, 2.45) is 0 Å². The third-order valence-corrected chi connectivity index (χ3v) is 3.75. The zero-order chi connectivity index (χ0) is 15.1. The lowest BCUT2D eigenvalue weighted by atomic mass is 9.98. The van der Waals surface area contributed by atoms with Crippen LogP contribution in [-0.4, -0.2) is 13.7 Å². The minimum Gasteiger partial charge on any atom is -0.497 e. The Morgan fingerprint density at radius 1 is 1.10 bits per heavy atom. The quantitative estimate of drug-likeness (QED) is 0.818. The molecule has 0 aliphatic rings. The molecule has 0 heterocycles. The first-order valence-corrected chi connectivity index (χ1v) is 7.65. The Hall–Kier alpha value is -1.80. The molecule has 1 atom stereocenters. The summed E-state index contributed by atoms with van der Waals surface area (Å²) in [7, 11) is 1.72. The van der Waals surface area contributed by atoms with Crippen molar-refractivity contribution in [3.8, 4) is 5.75 Å². The van der Waals surface area contributed by atoms with Gasteiger partial charge in [0.15, 0.2) is 0 Å². The molecule has 0 amide bonds. The molecule has 0 fully saturated rings. The largest absolute Gasteiger partial charge is 0.497 e. The normalized spacial score (nSPS) is 12.1. The van der Waals surface area contributed by atoms with Gasteiger partial charge in [0.05, 0.1) is 7.11 Å². The molecule has 21 heavy (non-hydrogen) atoms. The Morgan fingerprint density at radius 3 is 2.62 bits per heavy atom. The summed E-state index contributed by atoms with van der Waals surface area (Å²) in [5, 5.41) is 3.58.